The van der Waals surface area contributed by atoms with Gasteiger partial charge in [0.2, 0.25) is 10.0 Å². The number of benzene rings is 2. The molecular weight excluding hydrogens is 420 g/mol. The summed E-state index contributed by atoms with van der Waals surface area (Å²) in [6.07, 6.45) is 3.43. The molecule has 2 aromatic rings. The van der Waals surface area contributed by atoms with E-state index < -0.39 is 10.0 Å². The van der Waals surface area contributed by atoms with Crippen LogP contribution in [0.4, 0.5) is 0 Å². The molecule has 7 heteroatoms. The first-order chi connectivity index (χ1) is 15.4. The first-order valence-corrected chi connectivity index (χ1v) is 13.1. The molecule has 0 unspecified atom stereocenters. The molecule has 32 heavy (non-hydrogen) atoms. The molecule has 6 nitrogen and oxygen atoms in total. The van der Waals surface area contributed by atoms with E-state index in [4.69, 9.17) is 4.99 Å². The Morgan fingerprint density at radius 3 is 2.50 bits per heavy atom. The monoisotopic (exact) mass is 454 g/mol. The van der Waals surface area contributed by atoms with Gasteiger partial charge in [0.1, 0.15) is 5.84 Å². The van der Waals surface area contributed by atoms with Gasteiger partial charge in [-0.3, -0.25) is 4.99 Å². The van der Waals surface area contributed by atoms with Crippen LogP contribution in [0.25, 0.3) is 0 Å². The molecule has 2 N–H and O–H groups in total. The van der Waals surface area contributed by atoms with Crippen molar-refractivity contribution >= 4 is 15.9 Å². The summed E-state index contributed by atoms with van der Waals surface area (Å²) in [6, 6.07) is 15.7. The maximum absolute atomic E-state index is 13.2. The van der Waals surface area contributed by atoms with Crippen molar-refractivity contribution in [1.82, 2.24) is 14.9 Å². The van der Waals surface area contributed by atoms with Crippen LogP contribution >= 0.6 is 0 Å². The van der Waals surface area contributed by atoms with E-state index in [2.05, 4.69) is 42.7 Å². The molecule has 0 aromatic heterocycles. The summed E-state index contributed by atoms with van der Waals surface area (Å²) in [4.78, 5) is 5.18. The van der Waals surface area contributed by atoms with Gasteiger partial charge in [-0.2, -0.15) is 4.31 Å². The highest BCUT2D eigenvalue weighted by molar-refractivity contribution is 7.89. The lowest BCUT2D eigenvalue weighted by atomic mass is 9.85. The summed E-state index contributed by atoms with van der Waals surface area (Å²) in [5.41, 5.74) is 3.40. The molecule has 1 saturated heterocycles. The molecule has 0 saturated carbocycles. The van der Waals surface area contributed by atoms with E-state index in [0.717, 1.165) is 38.3 Å². The molecule has 0 atom stereocenters. The van der Waals surface area contributed by atoms with Crippen LogP contribution in [0.1, 0.15) is 42.9 Å². The van der Waals surface area contributed by atoms with Crippen LogP contribution in [-0.2, 0) is 23.0 Å². The van der Waals surface area contributed by atoms with E-state index in [1.54, 1.807) is 16.4 Å². The second kappa shape index (κ2) is 9.73. The van der Waals surface area contributed by atoms with Crippen molar-refractivity contribution in [2.24, 2.45) is 4.99 Å². The van der Waals surface area contributed by atoms with Gasteiger partial charge < -0.3 is 10.6 Å². The van der Waals surface area contributed by atoms with Crippen molar-refractivity contribution in [2.45, 2.75) is 56.5 Å². The Bertz CT molecular complexity index is 1060. The zero-order valence-corrected chi connectivity index (χ0v) is 19.9. The van der Waals surface area contributed by atoms with Gasteiger partial charge in [-0.1, -0.05) is 49.7 Å². The van der Waals surface area contributed by atoms with E-state index in [1.165, 1.54) is 16.7 Å². The van der Waals surface area contributed by atoms with Crippen molar-refractivity contribution < 1.29 is 8.42 Å². The highest BCUT2D eigenvalue weighted by atomic mass is 32.2. The fraction of sp³-hybridized carbons (Fsp3) is 0.480. The zero-order chi connectivity index (χ0) is 22.6. The summed E-state index contributed by atoms with van der Waals surface area (Å²) in [5, 5.41) is 7.22. The third-order valence-corrected chi connectivity index (χ3v) is 8.59. The van der Waals surface area contributed by atoms with Crippen LogP contribution in [0.5, 0.6) is 0 Å². The van der Waals surface area contributed by atoms with Crippen molar-refractivity contribution in [3.8, 4) is 0 Å². The van der Waals surface area contributed by atoms with Crippen molar-refractivity contribution in [2.75, 3.05) is 26.2 Å². The molecule has 0 amide bonds. The lowest BCUT2D eigenvalue weighted by Crippen LogP contribution is -2.64. The lowest BCUT2D eigenvalue weighted by Gasteiger charge is -2.44. The number of amidine groups is 1. The summed E-state index contributed by atoms with van der Waals surface area (Å²) >= 11 is 0. The molecule has 2 aliphatic heterocycles. The Balaban J connectivity index is 1.44. The topological polar surface area (TPSA) is 73.8 Å². The second-order valence-corrected chi connectivity index (χ2v) is 10.8. The van der Waals surface area contributed by atoms with Crippen LogP contribution in [0.15, 0.2) is 58.4 Å². The number of sulfonamides is 1. The molecule has 0 radical (unpaired) electrons. The van der Waals surface area contributed by atoms with Gasteiger partial charge in [0.05, 0.1) is 17.0 Å². The molecule has 172 valence electrons. The van der Waals surface area contributed by atoms with E-state index in [0.29, 0.717) is 30.8 Å². The third-order valence-electron chi connectivity index (χ3n) is 6.68. The molecular formula is C25H34N4O2S. The minimum Gasteiger partial charge on any atom is -0.368 e. The number of nitrogens with zero attached hydrogens (tertiary/aromatic N) is 2. The normalized spacial score (nSPS) is 19.0. The van der Waals surface area contributed by atoms with Crippen LogP contribution in [0.3, 0.4) is 0 Å². The maximum atomic E-state index is 13.2. The third kappa shape index (κ3) is 4.75. The number of hydrogen-bond donors (Lipinski definition) is 2. The SMILES string of the molecule is CCCc1ccc(S(=O)(=O)N2CCC3(CC2)NCCN=C3NCc2ccccc2C)cc1. The highest BCUT2D eigenvalue weighted by Gasteiger charge is 2.43. The van der Waals surface area contributed by atoms with Crippen LogP contribution in [0.2, 0.25) is 0 Å². The first kappa shape index (κ1) is 23.0. The minimum atomic E-state index is -3.48. The number of nitrogens with one attached hydrogen (secondary N) is 2. The Kier molecular flexibility index (Phi) is 6.98. The molecule has 1 spiro atoms. The molecule has 0 aliphatic carbocycles. The molecule has 2 aliphatic rings. The van der Waals surface area contributed by atoms with Crippen LogP contribution < -0.4 is 10.6 Å². The van der Waals surface area contributed by atoms with E-state index in [1.807, 2.05) is 18.2 Å². The number of hydrogen-bond acceptors (Lipinski definition) is 5. The highest BCUT2D eigenvalue weighted by Crippen LogP contribution is 2.29. The van der Waals surface area contributed by atoms with Gasteiger partial charge in [-0.15, -0.1) is 0 Å². The van der Waals surface area contributed by atoms with Crippen molar-refractivity contribution in [3.05, 3.63) is 65.2 Å². The quantitative estimate of drug-likeness (QED) is 0.703. The minimum absolute atomic E-state index is 0.280. The van der Waals surface area contributed by atoms with Gasteiger partial charge in [-0.05, 0) is 55.0 Å². The standard InChI is InChI=1S/C25H34N4O2S/c1-3-6-21-9-11-23(12-10-21)32(30,31)29-17-13-25(14-18-29)24(26-15-16-28-25)27-19-22-8-5-4-7-20(22)2/h4-5,7-12,28H,3,6,13-19H2,1-2H3,(H,26,27). The summed E-state index contributed by atoms with van der Waals surface area (Å²) in [5.74, 6) is 0.966. The first-order valence-electron chi connectivity index (χ1n) is 11.6. The van der Waals surface area contributed by atoms with E-state index >= 15 is 0 Å². The number of aryl methyl sites for hydroxylation is 2. The molecule has 2 heterocycles. The van der Waals surface area contributed by atoms with Gasteiger partial charge in [-0.25, -0.2) is 8.42 Å². The number of aliphatic imine (C=N–C) groups is 1. The maximum Gasteiger partial charge on any atom is 0.243 e. The van der Waals surface area contributed by atoms with Crippen molar-refractivity contribution in [1.29, 1.82) is 0 Å². The molecule has 1 fully saturated rings. The fourth-order valence-electron chi connectivity index (χ4n) is 4.70. The Hall–Kier alpha value is -2.22. The van der Waals surface area contributed by atoms with E-state index in [9.17, 15) is 8.42 Å². The predicted molar refractivity (Wildman–Crippen MR) is 129 cm³/mol. The largest absolute Gasteiger partial charge is 0.368 e. The summed E-state index contributed by atoms with van der Waals surface area (Å²) < 4.78 is 28.1. The van der Waals surface area contributed by atoms with Gasteiger partial charge in [0.15, 0.2) is 0 Å². The average molecular weight is 455 g/mol. The van der Waals surface area contributed by atoms with Gasteiger partial charge >= 0.3 is 0 Å². The van der Waals surface area contributed by atoms with E-state index in [-0.39, 0.29) is 5.54 Å². The number of rotatable bonds is 6. The summed E-state index contributed by atoms with van der Waals surface area (Å²) in [6.45, 7) is 7.49. The van der Waals surface area contributed by atoms with Crippen molar-refractivity contribution in [3.63, 3.8) is 0 Å². The number of piperidine rings is 1. The van der Waals surface area contributed by atoms with Crippen LogP contribution in [-0.4, -0.2) is 50.3 Å². The molecule has 4 rings (SSSR count). The fourth-order valence-corrected chi connectivity index (χ4v) is 6.14. The lowest BCUT2D eigenvalue weighted by molar-refractivity contribution is 0.241. The Labute approximate surface area is 192 Å². The average Bonchev–Trinajstić information content (AvgIpc) is 2.80. The second-order valence-electron chi connectivity index (χ2n) is 8.82. The smallest absolute Gasteiger partial charge is 0.243 e. The Morgan fingerprint density at radius 2 is 1.81 bits per heavy atom. The summed E-state index contributed by atoms with van der Waals surface area (Å²) in [7, 11) is -3.48. The zero-order valence-electron chi connectivity index (χ0n) is 19.1. The Morgan fingerprint density at radius 1 is 1.09 bits per heavy atom. The van der Waals surface area contributed by atoms with Crippen LogP contribution in [0, 0.1) is 6.92 Å². The molecule has 0 bridgehead atoms. The van der Waals surface area contributed by atoms with Gasteiger partial charge in [0, 0.05) is 26.2 Å². The predicted octanol–water partition coefficient (Wildman–Crippen LogP) is 3.26. The molecule has 2 aromatic carbocycles. The van der Waals surface area contributed by atoms with Gasteiger partial charge in [0.25, 0.3) is 0 Å².